The number of carbonyl (C=O) groups is 3. The molecule has 8 nitrogen and oxygen atoms in total. The van der Waals surface area contributed by atoms with Gasteiger partial charge >= 0.3 is 6.03 Å². The number of fused-ring (bicyclic) bond motifs is 1. The number of amides is 4. The Hall–Kier alpha value is -3.55. The molecule has 0 unspecified atom stereocenters. The minimum atomic E-state index is -1.29. The normalized spacial score (nSPS) is 20.5. The van der Waals surface area contributed by atoms with Crippen molar-refractivity contribution in [2.45, 2.75) is 38.3 Å². The van der Waals surface area contributed by atoms with E-state index >= 15 is 0 Å². The molecule has 0 aliphatic carbocycles. The van der Waals surface area contributed by atoms with Crippen molar-refractivity contribution in [1.82, 2.24) is 15.5 Å². The Balaban J connectivity index is 1.48. The number of urea groups is 1. The molecule has 4 rings (SSSR count). The monoisotopic (exact) mass is 423 g/mol. The van der Waals surface area contributed by atoms with Crippen molar-refractivity contribution >= 4 is 17.8 Å². The van der Waals surface area contributed by atoms with E-state index in [1.807, 2.05) is 37.3 Å². The van der Waals surface area contributed by atoms with Gasteiger partial charge in [0.05, 0.1) is 6.04 Å². The summed E-state index contributed by atoms with van der Waals surface area (Å²) >= 11 is 0. The van der Waals surface area contributed by atoms with E-state index in [1.165, 1.54) is 0 Å². The molecule has 1 saturated heterocycles. The van der Waals surface area contributed by atoms with Gasteiger partial charge in [0.15, 0.2) is 11.5 Å². The SMILES string of the molecule is CCC[C@@H](NC(=O)CN1C(=O)N[C@@](C)(c2ccc3c(c2)OCO3)C1=O)c1ccccc1. The zero-order valence-electron chi connectivity index (χ0n) is 17.5. The Bertz CT molecular complexity index is 1010. The van der Waals surface area contributed by atoms with Gasteiger partial charge in [-0.15, -0.1) is 0 Å². The Morgan fingerprint density at radius 3 is 2.65 bits per heavy atom. The van der Waals surface area contributed by atoms with Gasteiger partial charge in [0, 0.05) is 0 Å². The van der Waals surface area contributed by atoms with Gasteiger partial charge in [-0.05, 0) is 36.6 Å². The Labute approximate surface area is 180 Å². The number of rotatable bonds is 7. The second-order valence-electron chi connectivity index (χ2n) is 7.83. The molecular formula is C23H25N3O5. The predicted octanol–water partition coefficient (Wildman–Crippen LogP) is 2.84. The number of nitrogens with zero attached hydrogens (tertiary/aromatic N) is 1. The van der Waals surface area contributed by atoms with Gasteiger partial charge in [-0.25, -0.2) is 4.79 Å². The molecule has 162 valence electrons. The van der Waals surface area contributed by atoms with Crippen LogP contribution in [0, 0.1) is 0 Å². The fourth-order valence-corrected chi connectivity index (χ4v) is 3.92. The summed E-state index contributed by atoms with van der Waals surface area (Å²) < 4.78 is 10.7. The first-order valence-electron chi connectivity index (χ1n) is 10.3. The second-order valence-corrected chi connectivity index (χ2v) is 7.83. The third-order valence-corrected chi connectivity index (χ3v) is 5.64. The van der Waals surface area contributed by atoms with E-state index in [2.05, 4.69) is 10.6 Å². The van der Waals surface area contributed by atoms with Crippen molar-refractivity contribution in [3.8, 4) is 11.5 Å². The van der Waals surface area contributed by atoms with Crippen LogP contribution in [0.5, 0.6) is 11.5 Å². The number of hydrogen-bond donors (Lipinski definition) is 2. The van der Waals surface area contributed by atoms with Gasteiger partial charge in [0.1, 0.15) is 12.1 Å². The number of benzene rings is 2. The first-order valence-corrected chi connectivity index (χ1v) is 10.3. The predicted molar refractivity (Wildman–Crippen MR) is 112 cm³/mol. The lowest BCUT2D eigenvalue weighted by Crippen LogP contribution is -2.43. The summed E-state index contributed by atoms with van der Waals surface area (Å²) in [5.74, 6) is 0.226. The molecule has 0 aromatic heterocycles. The first-order chi connectivity index (χ1) is 14.9. The van der Waals surface area contributed by atoms with Gasteiger partial charge in [-0.2, -0.15) is 0 Å². The van der Waals surface area contributed by atoms with Crippen molar-refractivity contribution < 1.29 is 23.9 Å². The molecule has 2 heterocycles. The van der Waals surface area contributed by atoms with Crippen molar-refractivity contribution in [2.75, 3.05) is 13.3 Å². The van der Waals surface area contributed by atoms with Crippen LogP contribution in [0.25, 0.3) is 0 Å². The first kappa shape index (κ1) is 20.7. The lowest BCUT2D eigenvalue weighted by atomic mass is 9.91. The van der Waals surface area contributed by atoms with E-state index < -0.39 is 17.5 Å². The zero-order valence-corrected chi connectivity index (χ0v) is 17.5. The van der Waals surface area contributed by atoms with Crippen LogP contribution >= 0.6 is 0 Å². The average Bonchev–Trinajstić information content (AvgIpc) is 3.32. The molecule has 2 N–H and O–H groups in total. The number of nitrogens with one attached hydrogen (secondary N) is 2. The molecule has 31 heavy (non-hydrogen) atoms. The Kier molecular flexibility index (Phi) is 5.54. The van der Waals surface area contributed by atoms with Crippen molar-refractivity contribution in [2.24, 2.45) is 0 Å². The molecule has 0 radical (unpaired) electrons. The summed E-state index contributed by atoms with van der Waals surface area (Å²) in [5, 5.41) is 5.67. The second kappa shape index (κ2) is 8.29. The summed E-state index contributed by atoms with van der Waals surface area (Å²) in [4.78, 5) is 39.4. The molecule has 1 fully saturated rings. The third-order valence-electron chi connectivity index (χ3n) is 5.64. The van der Waals surface area contributed by atoms with Crippen molar-refractivity contribution in [3.05, 3.63) is 59.7 Å². The van der Waals surface area contributed by atoms with Gasteiger partial charge in [0.2, 0.25) is 12.7 Å². The maximum atomic E-state index is 13.1. The molecule has 2 atom stereocenters. The number of hydrogen-bond acceptors (Lipinski definition) is 5. The minimum absolute atomic E-state index is 0.114. The van der Waals surface area contributed by atoms with Crippen LogP contribution in [0.3, 0.4) is 0 Å². The van der Waals surface area contributed by atoms with E-state index in [-0.39, 0.29) is 25.3 Å². The van der Waals surface area contributed by atoms with Gasteiger partial charge in [-0.3, -0.25) is 14.5 Å². The minimum Gasteiger partial charge on any atom is -0.454 e. The number of imide groups is 1. The highest BCUT2D eigenvalue weighted by Crippen LogP contribution is 2.37. The molecule has 2 aliphatic rings. The Morgan fingerprint density at radius 1 is 1.16 bits per heavy atom. The van der Waals surface area contributed by atoms with Crippen LogP contribution in [-0.4, -0.2) is 36.1 Å². The molecule has 2 aliphatic heterocycles. The van der Waals surface area contributed by atoms with Gasteiger partial charge in [-0.1, -0.05) is 49.7 Å². The van der Waals surface area contributed by atoms with E-state index in [0.29, 0.717) is 17.1 Å². The maximum absolute atomic E-state index is 13.1. The fraction of sp³-hybridized carbons (Fsp3) is 0.348. The van der Waals surface area contributed by atoms with Crippen LogP contribution < -0.4 is 20.1 Å². The van der Waals surface area contributed by atoms with E-state index in [9.17, 15) is 14.4 Å². The molecular weight excluding hydrogens is 398 g/mol. The molecule has 2 aromatic carbocycles. The van der Waals surface area contributed by atoms with E-state index in [4.69, 9.17) is 9.47 Å². The van der Waals surface area contributed by atoms with Gasteiger partial charge in [0.25, 0.3) is 5.91 Å². The summed E-state index contributed by atoms with van der Waals surface area (Å²) in [6.07, 6.45) is 1.63. The number of ether oxygens (including phenoxy) is 2. The lowest BCUT2D eigenvalue weighted by Gasteiger charge is -2.23. The topological polar surface area (TPSA) is 97.0 Å². The summed E-state index contributed by atoms with van der Waals surface area (Å²) in [6.45, 7) is 3.42. The molecule has 0 saturated carbocycles. The summed E-state index contributed by atoms with van der Waals surface area (Å²) in [6, 6.07) is 13.9. The van der Waals surface area contributed by atoms with Gasteiger partial charge < -0.3 is 20.1 Å². The Morgan fingerprint density at radius 2 is 1.90 bits per heavy atom. The largest absolute Gasteiger partial charge is 0.454 e. The highest BCUT2D eigenvalue weighted by atomic mass is 16.7. The standard InChI is InChI=1S/C23H25N3O5/c1-3-7-17(15-8-5-4-6-9-15)24-20(27)13-26-21(28)23(2,25-22(26)29)16-10-11-18-19(12-16)31-14-30-18/h4-6,8-12,17H,3,7,13-14H2,1-2H3,(H,24,27)(H,25,29)/t17-,23+/m1/s1. The summed E-state index contributed by atoms with van der Waals surface area (Å²) in [7, 11) is 0. The van der Waals surface area contributed by atoms with E-state index in [1.54, 1.807) is 25.1 Å². The molecule has 8 heteroatoms. The highest BCUT2D eigenvalue weighted by Gasteiger charge is 2.50. The molecule has 0 bridgehead atoms. The molecule has 4 amide bonds. The molecule has 0 spiro atoms. The third kappa shape index (κ3) is 3.93. The quantitative estimate of drug-likeness (QED) is 0.668. The molecule has 2 aromatic rings. The van der Waals surface area contributed by atoms with Crippen LogP contribution in [0.2, 0.25) is 0 Å². The smallest absolute Gasteiger partial charge is 0.325 e. The van der Waals surface area contributed by atoms with E-state index in [0.717, 1.165) is 23.3 Å². The fourth-order valence-electron chi connectivity index (χ4n) is 3.92. The van der Waals surface area contributed by atoms with Crippen molar-refractivity contribution in [1.29, 1.82) is 0 Å². The van der Waals surface area contributed by atoms with Crippen LogP contribution in [0.15, 0.2) is 48.5 Å². The highest BCUT2D eigenvalue weighted by molar-refractivity contribution is 6.09. The van der Waals surface area contributed by atoms with Crippen LogP contribution in [0.1, 0.15) is 43.9 Å². The zero-order chi connectivity index (χ0) is 22.0. The number of carbonyl (C=O) groups excluding carboxylic acids is 3. The maximum Gasteiger partial charge on any atom is 0.325 e. The van der Waals surface area contributed by atoms with Crippen molar-refractivity contribution in [3.63, 3.8) is 0 Å². The van der Waals surface area contributed by atoms with Crippen LogP contribution in [-0.2, 0) is 15.1 Å². The lowest BCUT2D eigenvalue weighted by molar-refractivity contribution is -0.135. The average molecular weight is 423 g/mol. The van der Waals surface area contributed by atoms with Crippen LogP contribution in [0.4, 0.5) is 4.79 Å². The summed E-state index contributed by atoms with van der Waals surface area (Å²) in [5.41, 5.74) is 0.256.